The second-order valence-electron chi connectivity index (χ2n) is 2.98. The van der Waals surface area contributed by atoms with Gasteiger partial charge in [-0.05, 0) is 15.8 Å². The van der Waals surface area contributed by atoms with Gasteiger partial charge in [-0.3, -0.25) is 0 Å². The van der Waals surface area contributed by atoms with Crippen LogP contribution in [-0.4, -0.2) is 39.0 Å². The molecule has 77 valence electrons. The summed E-state index contributed by atoms with van der Waals surface area (Å²) in [6, 6.07) is 0. The Hall–Kier alpha value is 2.02. The van der Waals surface area contributed by atoms with Crippen molar-refractivity contribution >= 4 is 35.5 Å². The zero-order chi connectivity index (χ0) is 9.28. The average molecular weight is 289 g/mol. The first-order valence-electron chi connectivity index (χ1n) is 3.55. The van der Waals surface area contributed by atoms with E-state index >= 15 is 0 Å². The van der Waals surface area contributed by atoms with Crippen LogP contribution in [0.3, 0.4) is 0 Å². The number of rotatable bonds is 3. The molecule has 0 unspecified atom stereocenters. The van der Waals surface area contributed by atoms with Crippen LogP contribution in [0.25, 0.3) is 0 Å². The summed E-state index contributed by atoms with van der Waals surface area (Å²) in [5.74, 6) is 0. The Balaban J connectivity index is -0.000000177. The van der Waals surface area contributed by atoms with E-state index in [4.69, 9.17) is 19.7 Å². The van der Waals surface area contributed by atoms with Gasteiger partial charge in [0.05, 0.1) is 12.3 Å². The molecule has 12 heavy (non-hydrogen) atoms. The zero-order valence-electron chi connectivity index (χ0n) is 8.62. The van der Waals surface area contributed by atoms with Crippen LogP contribution >= 0.6 is 35.5 Å². The van der Waals surface area contributed by atoms with Crippen molar-refractivity contribution in [3.05, 3.63) is 7.43 Å². The van der Waals surface area contributed by atoms with Gasteiger partial charge in [-0.2, -0.15) is 0 Å². The molecule has 0 amide bonds. The van der Waals surface area contributed by atoms with Gasteiger partial charge in [-0.25, -0.2) is 0 Å². The summed E-state index contributed by atoms with van der Waals surface area (Å²) in [7, 11) is 9.91. The van der Waals surface area contributed by atoms with Gasteiger partial charge in [0.2, 0.25) is 0 Å². The molecule has 0 bridgehead atoms. The van der Waals surface area contributed by atoms with Gasteiger partial charge in [-0.15, -0.1) is 0 Å². The zero-order valence-corrected chi connectivity index (χ0v) is 13.5. The first kappa shape index (κ1) is 19.6. The van der Waals surface area contributed by atoms with Gasteiger partial charge >= 0.3 is 34.1 Å². The number of halogens is 2. The first-order valence-corrected chi connectivity index (χ1v) is 12.8. The predicted octanol–water partition coefficient (Wildman–Crippen LogP) is 3.76. The third-order valence-electron chi connectivity index (χ3n) is 1.12. The molecular formula is C7H21Cl2P2V+. The van der Waals surface area contributed by atoms with Crippen molar-refractivity contribution in [2.24, 2.45) is 0 Å². The molecule has 0 radical (unpaired) electrons. The molecule has 0 aliphatic rings. The molecule has 0 N–H and O–H groups in total. The topological polar surface area (TPSA) is 0 Å². The van der Waals surface area contributed by atoms with Crippen molar-refractivity contribution in [3.8, 4) is 0 Å². The molecule has 0 nitrogen and oxygen atoms in total. The maximum absolute atomic E-state index is 4.86. The average Bonchev–Trinajstić information content (AvgIpc) is 1.85. The molecule has 5 heteroatoms. The van der Waals surface area contributed by atoms with E-state index in [2.05, 4.69) is 26.7 Å². The molecule has 0 spiro atoms. The minimum absolute atomic E-state index is 0. The first-order chi connectivity index (χ1) is 5.04. The normalized spacial score (nSPS) is 8.67. The summed E-state index contributed by atoms with van der Waals surface area (Å²) in [6.07, 6.45) is 3.07. The van der Waals surface area contributed by atoms with E-state index in [0.29, 0.717) is 0 Å². The van der Waals surface area contributed by atoms with Gasteiger partial charge in [0, 0.05) is 26.7 Å². The van der Waals surface area contributed by atoms with Crippen LogP contribution in [0, 0.1) is 7.43 Å². The van der Waals surface area contributed by atoms with E-state index in [1.807, 2.05) is 0 Å². The predicted molar refractivity (Wildman–Crippen MR) is 68.2 cm³/mol. The summed E-state index contributed by atoms with van der Waals surface area (Å²) in [6.45, 7) is 9.59. The van der Waals surface area contributed by atoms with E-state index in [1.54, 1.807) is 0 Å². The van der Waals surface area contributed by atoms with Crippen LogP contribution in [0.5, 0.6) is 0 Å². The summed E-state index contributed by atoms with van der Waals surface area (Å²) >= 11 is -0.368. The van der Waals surface area contributed by atoms with Crippen molar-refractivity contribution in [1.82, 2.24) is 0 Å². The van der Waals surface area contributed by atoms with Crippen LogP contribution in [0.15, 0.2) is 0 Å². The molecule has 0 aliphatic carbocycles. The van der Waals surface area contributed by atoms with E-state index in [1.165, 1.54) is 12.3 Å². The Morgan fingerprint density at radius 3 is 1.17 bits per heavy atom. The SMILES string of the molecule is C[PH+](C)CC[PH+](C)C.[CH3-].[Cl][V][Cl]. The fraction of sp³-hybridized carbons (Fsp3) is 0.857. The molecule has 0 heterocycles. The van der Waals surface area contributed by atoms with E-state index in [0.717, 1.165) is 0 Å². The van der Waals surface area contributed by atoms with Crippen molar-refractivity contribution in [2.75, 3.05) is 39.0 Å². The van der Waals surface area contributed by atoms with E-state index in [9.17, 15) is 0 Å². The fourth-order valence-corrected chi connectivity index (χ4v) is 4.50. The molecule has 0 fully saturated rings. The van der Waals surface area contributed by atoms with Crippen LogP contribution in [0.4, 0.5) is 0 Å². The van der Waals surface area contributed by atoms with Crippen LogP contribution in [-0.2, 0) is 14.4 Å². The van der Waals surface area contributed by atoms with Crippen LogP contribution in [0.1, 0.15) is 0 Å². The Kier molecular flexibility index (Phi) is 25.3. The Morgan fingerprint density at radius 1 is 0.917 bits per heavy atom. The van der Waals surface area contributed by atoms with Gasteiger partial charge in [0.1, 0.15) is 0 Å². The summed E-state index contributed by atoms with van der Waals surface area (Å²) in [5.41, 5.74) is 0. The Labute approximate surface area is 95.9 Å². The summed E-state index contributed by atoms with van der Waals surface area (Å²) in [4.78, 5) is 0. The molecule has 0 saturated carbocycles. The third kappa shape index (κ3) is 29.6. The molecule has 0 aromatic carbocycles. The molecule has 0 saturated heterocycles. The summed E-state index contributed by atoms with van der Waals surface area (Å²) < 4.78 is 0. The maximum atomic E-state index is 4.86. The van der Waals surface area contributed by atoms with Crippen molar-refractivity contribution in [1.29, 1.82) is 0 Å². The van der Waals surface area contributed by atoms with Crippen LogP contribution < -0.4 is 0 Å². The quantitative estimate of drug-likeness (QED) is 0.548. The molecule has 0 aromatic rings. The molecular weight excluding hydrogens is 268 g/mol. The second-order valence-corrected chi connectivity index (χ2v) is 11.1. The monoisotopic (exact) mass is 288 g/mol. The molecule has 0 atom stereocenters. The number of hydrogen-bond donors (Lipinski definition) is 0. The Bertz CT molecular complexity index is 64.4. The molecule has 0 aliphatic heterocycles. The number of hydrogen-bond acceptors (Lipinski definition) is 0. The standard InChI is InChI=1S/C6H16P2.CH3.2ClH.V/c1-7(2)5-6-8(3)4;;;;/h5-6H2,1-4H3;1H3;2*1H;/q;-1;;;+2. The van der Waals surface area contributed by atoms with Crippen molar-refractivity contribution < 1.29 is 14.4 Å². The molecule has 0 rings (SSSR count). The third-order valence-corrected chi connectivity index (χ3v) is 4.12. The minimum atomic E-state index is -0.368. The van der Waals surface area contributed by atoms with Crippen molar-refractivity contribution in [3.63, 3.8) is 0 Å². The molecule has 0 aromatic heterocycles. The Morgan fingerprint density at radius 2 is 1.08 bits per heavy atom. The van der Waals surface area contributed by atoms with Gasteiger partial charge in [-0.1, -0.05) is 0 Å². The van der Waals surface area contributed by atoms with Gasteiger partial charge < -0.3 is 7.43 Å². The van der Waals surface area contributed by atoms with E-state index < -0.39 is 0 Å². The fourth-order valence-electron chi connectivity index (χ4n) is 0.500. The van der Waals surface area contributed by atoms with Crippen molar-refractivity contribution in [2.45, 2.75) is 0 Å². The second kappa shape index (κ2) is 15.5. The summed E-state index contributed by atoms with van der Waals surface area (Å²) in [5, 5.41) is 0. The van der Waals surface area contributed by atoms with Crippen LogP contribution in [0.2, 0.25) is 0 Å². The van der Waals surface area contributed by atoms with Gasteiger partial charge in [0.15, 0.2) is 0 Å². The van der Waals surface area contributed by atoms with E-state index in [-0.39, 0.29) is 37.6 Å². The van der Waals surface area contributed by atoms with Gasteiger partial charge in [0.25, 0.3) is 0 Å².